The molecule has 21 nitrogen and oxygen atoms in total. The monoisotopic (exact) mass is 654 g/mol. The lowest BCUT2D eigenvalue weighted by Crippen LogP contribution is -2.67. The van der Waals surface area contributed by atoms with Gasteiger partial charge in [0, 0.05) is 6.42 Å². The zero-order valence-corrected chi connectivity index (χ0v) is 23.0. The molecule has 0 saturated carbocycles. The standard InChI is InChI=1S/C21H34O21S/c1-2-6(23)16(31)20(33)21(34,42-43(35,36)41-20)17(32)7(24)4-37-18-15(30)13(28)11(26)9(40-18)5-38-19-14(29)12(27)10(25)8(3-22)39-19/h7-15,17-19,22,24-30,32-34H,2-5H2,1H3/t7-,8-,9-,10-,11-,12+,13+,14-,15-,17-,18+,19+,20-,21+/m1/s1. The second kappa shape index (κ2) is 13.5. The summed E-state index contributed by atoms with van der Waals surface area (Å²) in [5.41, 5.74) is 0. The van der Waals surface area contributed by atoms with Crippen LogP contribution in [0.2, 0.25) is 0 Å². The van der Waals surface area contributed by atoms with Crippen molar-refractivity contribution in [1.82, 2.24) is 0 Å². The molecule has 0 aliphatic carbocycles. The summed E-state index contributed by atoms with van der Waals surface area (Å²) in [6, 6.07) is 0. The Bertz CT molecular complexity index is 1100. The summed E-state index contributed by atoms with van der Waals surface area (Å²) in [5.74, 6) is -11.5. The van der Waals surface area contributed by atoms with Crippen molar-refractivity contribution in [3.63, 3.8) is 0 Å². The first kappa shape index (κ1) is 36.1. The van der Waals surface area contributed by atoms with Crippen LogP contribution < -0.4 is 0 Å². The Balaban J connectivity index is 1.68. The van der Waals surface area contributed by atoms with E-state index in [9.17, 15) is 74.2 Å². The van der Waals surface area contributed by atoms with E-state index in [0.717, 1.165) is 6.92 Å². The molecule has 43 heavy (non-hydrogen) atoms. The molecule has 3 rings (SSSR count). The number of aliphatic hydroxyl groups excluding tert-OH is 9. The van der Waals surface area contributed by atoms with E-state index < -0.39 is 133 Å². The summed E-state index contributed by atoms with van der Waals surface area (Å²) in [6.07, 6.45) is -24.0. The van der Waals surface area contributed by atoms with Gasteiger partial charge in [0.15, 0.2) is 12.6 Å². The first-order chi connectivity index (χ1) is 19.8. The van der Waals surface area contributed by atoms with Crippen LogP contribution >= 0.6 is 0 Å². The van der Waals surface area contributed by atoms with E-state index in [2.05, 4.69) is 8.37 Å². The Morgan fingerprint density at radius 3 is 1.86 bits per heavy atom. The molecule has 0 bridgehead atoms. The summed E-state index contributed by atoms with van der Waals surface area (Å²) in [7, 11) is -5.42. The predicted octanol–water partition coefficient (Wildman–Crippen LogP) is -8.43. The summed E-state index contributed by atoms with van der Waals surface area (Å²) >= 11 is 0. The van der Waals surface area contributed by atoms with E-state index in [4.69, 9.17) is 18.9 Å². The molecule has 0 aromatic rings. The molecule has 14 atom stereocenters. The molecule has 3 fully saturated rings. The minimum absolute atomic E-state index is 0.602. The van der Waals surface area contributed by atoms with Crippen molar-refractivity contribution >= 4 is 22.0 Å². The summed E-state index contributed by atoms with van der Waals surface area (Å²) in [5, 5.41) is 112. The van der Waals surface area contributed by atoms with Gasteiger partial charge in [0.05, 0.1) is 19.8 Å². The Labute approximate surface area is 242 Å². The van der Waals surface area contributed by atoms with Crippen molar-refractivity contribution in [2.45, 2.75) is 98.5 Å². The maximum atomic E-state index is 12.3. The highest BCUT2D eigenvalue weighted by molar-refractivity contribution is 7.82. The molecule has 0 aromatic carbocycles. The molecule has 0 aromatic heterocycles. The molecular formula is C21H34O21S. The average Bonchev–Trinajstić information content (AvgIpc) is 3.17. The third kappa shape index (κ3) is 6.91. The van der Waals surface area contributed by atoms with Crippen LogP contribution in [0.5, 0.6) is 0 Å². The molecule has 3 aliphatic rings. The molecule has 3 heterocycles. The van der Waals surface area contributed by atoms with Gasteiger partial charge in [-0.15, -0.1) is 0 Å². The number of ether oxygens (including phenoxy) is 4. The Morgan fingerprint density at radius 2 is 1.33 bits per heavy atom. The molecule has 11 N–H and O–H groups in total. The fraction of sp³-hybridized carbons (Fsp3) is 0.905. The van der Waals surface area contributed by atoms with Crippen LogP contribution in [-0.4, -0.2) is 181 Å². The fourth-order valence-electron chi connectivity index (χ4n) is 4.37. The van der Waals surface area contributed by atoms with E-state index in [0.29, 0.717) is 0 Å². The van der Waals surface area contributed by atoms with Gasteiger partial charge in [-0.05, 0) is 0 Å². The lowest BCUT2D eigenvalue weighted by atomic mass is 9.90. The first-order valence-corrected chi connectivity index (χ1v) is 14.0. The topological polar surface area (TPSA) is 346 Å². The van der Waals surface area contributed by atoms with Crippen LogP contribution in [0, 0.1) is 0 Å². The second-order valence-electron chi connectivity index (χ2n) is 9.91. The zero-order chi connectivity index (χ0) is 32.7. The molecule has 0 unspecified atom stereocenters. The fourth-order valence-corrected chi connectivity index (χ4v) is 5.42. The largest absolute Gasteiger partial charge is 0.406 e. The van der Waals surface area contributed by atoms with E-state index >= 15 is 0 Å². The normalized spacial score (nSPS) is 44.6. The summed E-state index contributed by atoms with van der Waals surface area (Å²) in [4.78, 5) is 24.1. The lowest BCUT2D eigenvalue weighted by Gasteiger charge is -2.43. The van der Waals surface area contributed by atoms with Gasteiger partial charge < -0.3 is 75.1 Å². The van der Waals surface area contributed by atoms with Gasteiger partial charge in [0.2, 0.25) is 5.78 Å². The van der Waals surface area contributed by atoms with Gasteiger partial charge in [-0.2, -0.15) is 12.6 Å². The minimum atomic E-state index is -5.42. The van der Waals surface area contributed by atoms with Crippen LogP contribution in [0.1, 0.15) is 13.3 Å². The summed E-state index contributed by atoms with van der Waals surface area (Å²) in [6.45, 7) is -1.62. The minimum Gasteiger partial charge on any atom is -0.394 e. The van der Waals surface area contributed by atoms with Gasteiger partial charge in [-0.3, -0.25) is 9.59 Å². The lowest BCUT2D eigenvalue weighted by molar-refractivity contribution is -0.340. The third-order valence-electron chi connectivity index (χ3n) is 6.96. The average molecular weight is 655 g/mol. The second-order valence-corrected chi connectivity index (χ2v) is 11.1. The Morgan fingerprint density at radius 1 is 0.814 bits per heavy atom. The van der Waals surface area contributed by atoms with E-state index in [-0.39, 0.29) is 0 Å². The van der Waals surface area contributed by atoms with E-state index in [1.54, 1.807) is 0 Å². The van der Waals surface area contributed by atoms with E-state index in [1.807, 2.05) is 0 Å². The van der Waals surface area contributed by atoms with Crippen molar-refractivity contribution < 1.29 is 101 Å². The van der Waals surface area contributed by atoms with Crippen molar-refractivity contribution in [1.29, 1.82) is 0 Å². The highest BCUT2D eigenvalue weighted by Crippen LogP contribution is 2.41. The molecule has 22 heteroatoms. The molecule has 3 saturated heterocycles. The number of hydrogen-bond acceptors (Lipinski definition) is 21. The third-order valence-corrected chi connectivity index (χ3v) is 7.86. The maximum Gasteiger partial charge on any atom is 0.406 e. The van der Waals surface area contributed by atoms with Crippen LogP contribution in [0.15, 0.2) is 0 Å². The molecule has 0 radical (unpaired) electrons. The van der Waals surface area contributed by atoms with Crippen molar-refractivity contribution in [2.24, 2.45) is 0 Å². The van der Waals surface area contributed by atoms with Gasteiger partial charge >= 0.3 is 16.2 Å². The van der Waals surface area contributed by atoms with Crippen LogP contribution in [-0.2, 0) is 47.3 Å². The quantitative estimate of drug-likeness (QED) is 0.0870. The predicted molar refractivity (Wildman–Crippen MR) is 126 cm³/mol. The van der Waals surface area contributed by atoms with Gasteiger partial charge in [0.1, 0.15) is 61.0 Å². The van der Waals surface area contributed by atoms with E-state index in [1.165, 1.54) is 0 Å². The van der Waals surface area contributed by atoms with Gasteiger partial charge in [0.25, 0.3) is 11.6 Å². The smallest absolute Gasteiger partial charge is 0.394 e. The molecule has 3 aliphatic heterocycles. The Hall–Kier alpha value is -1.39. The molecular weight excluding hydrogens is 620 g/mol. The number of rotatable bonds is 12. The summed E-state index contributed by atoms with van der Waals surface area (Å²) < 4.78 is 52.5. The highest BCUT2D eigenvalue weighted by atomic mass is 32.3. The van der Waals surface area contributed by atoms with Crippen molar-refractivity contribution in [2.75, 3.05) is 19.8 Å². The number of aliphatic hydroxyl groups is 11. The molecule has 250 valence electrons. The SMILES string of the molecule is CCC(=O)C(=O)[C@@]1(O)OS(=O)(=O)O[C@@]1(O)[C@H](O)[C@H](O)CO[C@H]1O[C@H](CO[C@H]2O[C@H](CO)[C@@H](O)[C@H](O)[C@H]2O)[C@@H](O)[C@H](O)[C@H]1O. The highest BCUT2D eigenvalue weighted by Gasteiger charge is 2.73. The van der Waals surface area contributed by atoms with Crippen LogP contribution in [0.4, 0.5) is 0 Å². The van der Waals surface area contributed by atoms with Crippen molar-refractivity contribution in [3.05, 3.63) is 0 Å². The van der Waals surface area contributed by atoms with Gasteiger partial charge in [-0.1, -0.05) is 6.92 Å². The molecule has 0 spiro atoms. The van der Waals surface area contributed by atoms with Crippen LogP contribution in [0.25, 0.3) is 0 Å². The number of hydrogen-bond donors (Lipinski definition) is 11. The number of carbonyl (C=O) groups excluding carboxylic acids is 2. The first-order valence-electron chi connectivity index (χ1n) is 12.6. The Kier molecular flexibility index (Phi) is 11.4. The van der Waals surface area contributed by atoms with Crippen LogP contribution in [0.3, 0.4) is 0 Å². The number of ketones is 2. The maximum absolute atomic E-state index is 12.3. The number of carbonyl (C=O) groups is 2. The molecule has 0 amide bonds. The van der Waals surface area contributed by atoms with Crippen molar-refractivity contribution in [3.8, 4) is 0 Å². The zero-order valence-electron chi connectivity index (χ0n) is 22.2. The van der Waals surface area contributed by atoms with Gasteiger partial charge in [-0.25, -0.2) is 4.18 Å². The number of Topliss-reactive ketones (excluding diaryl/α,β-unsaturated/α-hetero) is 2.